The first-order chi connectivity index (χ1) is 6.10. The van der Waals surface area contributed by atoms with Crippen molar-refractivity contribution in [1.29, 1.82) is 0 Å². The second-order valence-corrected chi connectivity index (χ2v) is 2.19. The monoisotopic (exact) mass is 242 g/mol. The summed E-state index contributed by atoms with van der Waals surface area (Å²) in [6, 6.07) is 0. The van der Waals surface area contributed by atoms with Gasteiger partial charge in [0.05, 0.1) is 0 Å². The standard InChI is InChI=1S/C3H6O2.2C3H8O.Ti/c1-2-3(4)5;2*1-2-3-4;/h2H2,1H3,(H,4,5);2*4H,2-3H2,1H3;. The molecule has 14 heavy (non-hydrogen) atoms. The summed E-state index contributed by atoms with van der Waals surface area (Å²) in [5.41, 5.74) is 0. The molecule has 86 valence electrons. The normalized spacial score (nSPS) is 6.93. The molecule has 0 saturated heterocycles. The first-order valence-corrected chi connectivity index (χ1v) is 4.54. The molecule has 0 radical (unpaired) electrons. The number of rotatable bonds is 3. The summed E-state index contributed by atoms with van der Waals surface area (Å²) in [5.74, 6) is -0.745. The molecule has 0 saturated carbocycles. The van der Waals surface area contributed by atoms with Gasteiger partial charge in [-0.3, -0.25) is 4.79 Å². The summed E-state index contributed by atoms with van der Waals surface area (Å²) in [5, 5.41) is 23.5. The van der Waals surface area contributed by atoms with Crippen LogP contribution in [0.5, 0.6) is 0 Å². The van der Waals surface area contributed by atoms with Crippen LogP contribution in [0.25, 0.3) is 0 Å². The fraction of sp³-hybridized carbons (Fsp3) is 0.889. The van der Waals surface area contributed by atoms with Crippen LogP contribution >= 0.6 is 0 Å². The molecule has 0 aromatic carbocycles. The van der Waals surface area contributed by atoms with Crippen molar-refractivity contribution in [3.63, 3.8) is 0 Å². The second kappa shape index (κ2) is 29.2. The van der Waals surface area contributed by atoms with Gasteiger partial charge < -0.3 is 15.3 Å². The van der Waals surface area contributed by atoms with Gasteiger partial charge in [0, 0.05) is 41.4 Å². The fourth-order valence-electron chi connectivity index (χ4n) is 0. The molecule has 0 unspecified atom stereocenters. The fourth-order valence-corrected chi connectivity index (χ4v) is 0. The maximum Gasteiger partial charge on any atom is 0.303 e. The quantitative estimate of drug-likeness (QED) is 0.651. The van der Waals surface area contributed by atoms with E-state index >= 15 is 0 Å². The Balaban J connectivity index is -0.0000000522. The van der Waals surface area contributed by atoms with Crippen molar-refractivity contribution in [2.75, 3.05) is 13.2 Å². The number of carbonyl (C=O) groups is 1. The summed E-state index contributed by atoms with van der Waals surface area (Å²) in [6.45, 7) is 6.10. The number of hydrogen-bond acceptors (Lipinski definition) is 3. The smallest absolute Gasteiger partial charge is 0.303 e. The molecule has 0 fully saturated rings. The Hall–Kier alpha value is 0.104. The number of hydrogen-bond donors (Lipinski definition) is 3. The first kappa shape index (κ1) is 23.7. The zero-order valence-corrected chi connectivity index (χ0v) is 10.8. The maximum absolute atomic E-state index is 9.37. The van der Waals surface area contributed by atoms with Crippen molar-refractivity contribution in [3.8, 4) is 0 Å². The minimum Gasteiger partial charge on any atom is -0.481 e. The van der Waals surface area contributed by atoms with Gasteiger partial charge in [-0.25, -0.2) is 0 Å². The molecule has 0 amide bonds. The SMILES string of the molecule is CCC(=O)O.CCCO.CCCO.[Ti]. The van der Waals surface area contributed by atoms with Gasteiger partial charge in [-0.2, -0.15) is 0 Å². The molecular formula is C9H22O4Ti. The summed E-state index contributed by atoms with van der Waals surface area (Å²) in [7, 11) is 0. The number of aliphatic carboxylic acids is 1. The van der Waals surface area contributed by atoms with Crippen molar-refractivity contribution in [2.45, 2.75) is 40.0 Å². The van der Waals surface area contributed by atoms with Crippen molar-refractivity contribution in [1.82, 2.24) is 0 Å². The Bertz CT molecular complexity index is 80.9. The van der Waals surface area contributed by atoms with Gasteiger partial charge in [-0.1, -0.05) is 20.8 Å². The first-order valence-electron chi connectivity index (χ1n) is 4.54. The summed E-state index contributed by atoms with van der Waals surface area (Å²) in [6.07, 6.45) is 1.97. The third-order valence-electron chi connectivity index (χ3n) is 0.750. The van der Waals surface area contributed by atoms with E-state index in [9.17, 15) is 4.79 Å². The molecule has 4 nitrogen and oxygen atoms in total. The molecule has 0 aliphatic carbocycles. The van der Waals surface area contributed by atoms with Crippen LogP contribution in [0.4, 0.5) is 0 Å². The second-order valence-electron chi connectivity index (χ2n) is 2.19. The Labute approximate surface area is 101 Å². The van der Waals surface area contributed by atoms with Gasteiger partial charge in [0.1, 0.15) is 0 Å². The largest absolute Gasteiger partial charge is 0.481 e. The number of carboxylic acid groups (broad SMARTS) is 1. The third-order valence-corrected chi connectivity index (χ3v) is 0.750. The Morgan fingerprint density at radius 1 is 1.00 bits per heavy atom. The molecule has 0 bridgehead atoms. The molecule has 0 aromatic heterocycles. The van der Waals surface area contributed by atoms with Gasteiger partial charge in [0.15, 0.2) is 0 Å². The van der Waals surface area contributed by atoms with Gasteiger partial charge in [-0.05, 0) is 12.8 Å². The Kier molecular flexibility index (Phi) is 49.5. The van der Waals surface area contributed by atoms with Crippen molar-refractivity contribution >= 4 is 5.97 Å². The Morgan fingerprint density at radius 3 is 1.14 bits per heavy atom. The molecule has 0 heterocycles. The van der Waals surface area contributed by atoms with E-state index in [1.807, 2.05) is 13.8 Å². The minimum atomic E-state index is -0.745. The van der Waals surface area contributed by atoms with Crippen LogP contribution in [0.3, 0.4) is 0 Å². The van der Waals surface area contributed by atoms with E-state index in [-0.39, 0.29) is 28.1 Å². The number of aliphatic hydroxyl groups excluding tert-OH is 2. The van der Waals surface area contributed by atoms with Crippen LogP contribution < -0.4 is 0 Å². The molecule has 0 atom stereocenters. The molecule has 5 heteroatoms. The van der Waals surface area contributed by atoms with Gasteiger partial charge in [0.25, 0.3) is 0 Å². The molecule has 0 aliphatic heterocycles. The van der Waals surface area contributed by atoms with Gasteiger partial charge in [-0.15, -0.1) is 0 Å². The van der Waals surface area contributed by atoms with E-state index in [0.29, 0.717) is 13.2 Å². The molecule has 0 aliphatic rings. The van der Waals surface area contributed by atoms with Crippen LogP contribution in [0.1, 0.15) is 40.0 Å². The molecule has 0 spiro atoms. The van der Waals surface area contributed by atoms with Gasteiger partial charge >= 0.3 is 5.97 Å². The maximum atomic E-state index is 9.37. The van der Waals surface area contributed by atoms with Crippen LogP contribution in [-0.4, -0.2) is 34.5 Å². The van der Waals surface area contributed by atoms with E-state index in [1.165, 1.54) is 0 Å². The van der Waals surface area contributed by atoms with Gasteiger partial charge in [0.2, 0.25) is 0 Å². The average molecular weight is 242 g/mol. The zero-order valence-electron chi connectivity index (χ0n) is 9.29. The number of carboxylic acids is 1. The van der Waals surface area contributed by atoms with Crippen molar-refractivity contribution < 1.29 is 41.8 Å². The van der Waals surface area contributed by atoms with Crippen LogP contribution in [-0.2, 0) is 26.5 Å². The summed E-state index contributed by atoms with van der Waals surface area (Å²) in [4.78, 5) is 9.37. The van der Waals surface area contributed by atoms with Crippen molar-refractivity contribution in [3.05, 3.63) is 0 Å². The summed E-state index contributed by atoms with van der Waals surface area (Å²) < 4.78 is 0. The van der Waals surface area contributed by atoms with E-state index in [2.05, 4.69) is 0 Å². The summed E-state index contributed by atoms with van der Waals surface area (Å²) >= 11 is 0. The predicted octanol–water partition coefficient (Wildman–Crippen LogP) is 1.26. The van der Waals surface area contributed by atoms with E-state index < -0.39 is 5.97 Å². The molecule has 0 aromatic rings. The topological polar surface area (TPSA) is 77.8 Å². The van der Waals surface area contributed by atoms with E-state index in [1.54, 1.807) is 6.92 Å². The van der Waals surface area contributed by atoms with E-state index in [0.717, 1.165) is 12.8 Å². The average Bonchev–Trinajstić information content (AvgIpc) is 2.18. The van der Waals surface area contributed by atoms with Crippen LogP contribution in [0, 0.1) is 0 Å². The Morgan fingerprint density at radius 2 is 1.14 bits per heavy atom. The van der Waals surface area contributed by atoms with Crippen LogP contribution in [0.15, 0.2) is 0 Å². The number of aliphatic hydroxyl groups is 2. The zero-order chi connectivity index (χ0) is 11.1. The van der Waals surface area contributed by atoms with E-state index in [4.69, 9.17) is 15.3 Å². The third kappa shape index (κ3) is 88.6. The molecule has 3 N–H and O–H groups in total. The van der Waals surface area contributed by atoms with Crippen molar-refractivity contribution in [2.24, 2.45) is 0 Å². The molecular weight excluding hydrogens is 220 g/mol. The predicted molar refractivity (Wildman–Crippen MR) is 52.7 cm³/mol. The van der Waals surface area contributed by atoms with Crippen LogP contribution in [0.2, 0.25) is 0 Å². The molecule has 0 rings (SSSR count). The minimum absolute atomic E-state index is 0.